The van der Waals surface area contributed by atoms with E-state index in [4.69, 9.17) is 0 Å². The van der Waals surface area contributed by atoms with E-state index in [0.29, 0.717) is 22.7 Å². The quantitative estimate of drug-likeness (QED) is 0.695. The number of hydrogen-bond acceptors (Lipinski definition) is 2. The van der Waals surface area contributed by atoms with Crippen LogP contribution in [-0.4, -0.2) is 21.9 Å². The van der Waals surface area contributed by atoms with Gasteiger partial charge in [0.25, 0.3) is 0 Å². The van der Waals surface area contributed by atoms with E-state index in [-0.39, 0.29) is 6.10 Å². The Hall–Kier alpha value is -0.340. The predicted octanol–water partition coefficient (Wildman–Crippen LogP) is 4.94. The molecule has 4 aliphatic carbocycles. The number of aliphatic hydroxyl groups excluding tert-OH is 1. The standard InChI is InChI=1S/C23H38O2/c1-5-23(25)13-12-21(3)16(14-23)6-7-17-19-9-8-18(15(2)24)22(19,4)11-10-20(17)21/h5,15-20,24-25H,1,6-14H2,2-4H3/t15-,16+,17?,18-,19?,20?,21+,22-,23+/m1/s1. The van der Waals surface area contributed by atoms with Gasteiger partial charge in [-0.25, -0.2) is 0 Å². The third kappa shape index (κ3) is 2.50. The molecule has 3 unspecified atom stereocenters. The Morgan fingerprint density at radius 3 is 2.36 bits per heavy atom. The number of hydrogen-bond donors (Lipinski definition) is 2. The summed E-state index contributed by atoms with van der Waals surface area (Å²) < 4.78 is 0. The summed E-state index contributed by atoms with van der Waals surface area (Å²) in [6, 6.07) is 0. The summed E-state index contributed by atoms with van der Waals surface area (Å²) in [7, 11) is 0. The molecule has 9 atom stereocenters. The molecule has 0 aromatic carbocycles. The van der Waals surface area contributed by atoms with Crippen molar-refractivity contribution in [2.45, 2.75) is 90.3 Å². The van der Waals surface area contributed by atoms with E-state index >= 15 is 0 Å². The Balaban J connectivity index is 1.59. The van der Waals surface area contributed by atoms with Crippen LogP contribution in [0.5, 0.6) is 0 Å². The second-order valence-corrected chi connectivity index (χ2v) is 10.6. The maximum Gasteiger partial charge on any atom is 0.0828 e. The van der Waals surface area contributed by atoms with Gasteiger partial charge in [-0.3, -0.25) is 0 Å². The van der Waals surface area contributed by atoms with Crippen LogP contribution in [0.4, 0.5) is 0 Å². The van der Waals surface area contributed by atoms with Crippen molar-refractivity contribution >= 4 is 0 Å². The van der Waals surface area contributed by atoms with Crippen LogP contribution in [0.3, 0.4) is 0 Å². The monoisotopic (exact) mass is 346 g/mol. The molecule has 4 rings (SSSR count). The molecule has 0 aliphatic heterocycles. The van der Waals surface area contributed by atoms with Crippen molar-refractivity contribution in [2.24, 2.45) is 40.4 Å². The van der Waals surface area contributed by atoms with Gasteiger partial charge in [-0.15, -0.1) is 6.58 Å². The summed E-state index contributed by atoms with van der Waals surface area (Å²) >= 11 is 0. The molecule has 0 aromatic heterocycles. The number of rotatable bonds is 2. The molecule has 0 saturated heterocycles. The Morgan fingerprint density at radius 1 is 0.960 bits per heavy atom. The zero-order valence-electron chi connectivity index (χ0n) is 16.5. The van der Waals surface area contributed by atoms with E-state index in [0.717, 1.165) is 37.0 Å². The van der Waals surface area contributed by atoms with Crippen molar-refractivity contribution in [1.82, 2.24) is 0 Å². The maximum atomic E-state index is 10.8. The van der Waals surface area contributed by atoms with Crippen molar-refractivity contribution in [1.29, 1.82) is 0 Å². The van der Waals surface area contributed by atoms with Crippen molar-refractivity contribution in [2.75, 3.05) is 0 Å². The molecule has 0 aromatic rings. The first-order chi connectivity index (χ1) is 11.7. The first kappa shape index (κ1) is 18.0. The highest BCUT2D eigenvalue weighted by Gasteiger charge is 2.61. The van der Waals surface area contributed by atoms with E-state index in [1.54, 1.807) is 6.08 Å². The highest BCUT2D eigenvalue weighted by molar-refractivity contribution is 5.12. The minimum atomic E-state index is -0.620. The van der Waals surface area contributed by atoms with Crippen LogP contribution in [0.1, 0.15) is 78.6 Å². The molecule has 0 bridgehead atoms. The topological polar surface area (TPSA) is 40.5 Å². The van der Waals surface area contributed by atoms with Gasteiger partial charge in [-0.1, -0.05) is 19.9 Å². The Morgan fingerprint density at radius 2 is 1.68 bits per heavy atom. The zero-order valence-corrected chi connectivity index (χ0v) is 16.5. The van der Waals surface area contributed by atoms with E-state index in [1.165, 1.54) is 38.5 Å². The van der Waals surface area contributed by atoms with Gasteiger partial charge in [0, 0.05) is 0 Å². The second kappa shape index (κ2) is 5.83. The van der Waals surface area contributed by atoms with Crippen LogP contribution in [0.15, 0.2) is 12.7 Å². The van der Waals surface area contributed by atoms with Crippen LogP contribution in [0.25, 0.3) is 0 Å². The Kier molecular flexibility index (Phi) is 4.21. The highest BCUT2D eigenvalue weighted by atomic mass is 16.3. The molecular weight excluding hydrogens is 308 g/mol. The third-order valence-electron chi connectivity index (χ3n) is 9.80. The smallest absolute Gasteiger partial charge is 0.0828 e. The third-order valence-corrected chi connectivity index (χ3v) is 9.80. The number of fused-ring (bicyclic) bond motifs is 5. The summed E-state index contributed by atoms with van der Waals surface area (Å²) in [6.45, 7) is 10.9. The van der Waals surface area contributed by atoms with E-state index in [1.807, 2.05) is 6.92 Å². The summed E-state index contributed by atoms with van der Waals surface area (Å²) in [5.74, 6) is 3.64. The van der Waals surface area contributed by atoms with Gasteiger partial charge in [0.2, 0.25) is 0 Å². The van der Waals surface area contributed by atoms with Crippen LogP contribution in [0, 0.1) is 40.4 Å². The summed E-state index contributed by atoms with van der Waals surface area (Å²) in [6.07, 6.45) is 12.4. The van der Waals surface area contributed by atoms with Crippen molar-refractivity contribution in [3.8, 4) is 0 Å². The first-order valence-electron chi connectivity index (χ1n) is 10.8. The first-order valence-corrected chi connectivity index (χ1v) is 10.8. The average molecular weight is 347 g/mol. The molecule has 0 amide bonds. The SMILES string of the molecule is C=C[C@]1(O)CC[C@]2(C)C3CC[C@@]4(C)C(CC[C@@H]4[C@@H](C)O)C3CC[C@H]2C1. The molecule has 4 aliphatic rings. The Labute approximate surface area is 154 Å². The van der Waals surface area contributed by atoms with Gasteiger partial charge in [-0.05, 0) is 105 Å². The van der Waals surface area contributed by atoms with Crippen LogP contribution < -0.4 is 0 Å². The highest BCUT2D eigenvalue weighted by Crippen LogP contribution is 2.68. The van der Waals surface area contributed by atoms with Gasteiger partial charge in [0.1, 0.15) is 0 Å². The average Bonchev–Trinajstić information content (AvgIpc) is 2.93. The molecule has 2 heteroatoms. The molecule has 142 valence electrons. The second-order valence-electron chi connectivity index (χ2n) is 10.6. The van der Waals surface area contributed by atoms with Crippen LogP contribution in [0.2, 0.25) is 0 Å². The minimum absolute atomic E-state index is 0.157. The van der Waals surface area contributed by atoms with Gasteiger partial charge in [0.05, 0.1) is 11.7 Å². The van der Waals surface area contributed by atoms with Crippen LogP contribution in [-0.2, 0) is 0 Å². The van der Waals surface area contributed by atoms with Gasteiger partial charge >= 0.3 is 0 Å². The fourth-order valence-electron chi connectivity index (χ4n) is 8.29. The molecule has 4 saturated carbocycles. The lowest BCUT2D eigenvalue weighted by Crippen LogP contribution is -2.56. The van der Waals surface area contributed by atoms with E-state index < -0.39 is 5.60 Å². The zero-order chi connectivity index (χ0) is 18.0. The number of aliphatic hydroxyl groups is 2. The van der Waals surface area contributed by atoms with E-state index in [2.05, 4.69) is 20.4 Å². The molecular formula is C23H38O2. The van der Waals surface area contributed by atoms with Crippen LogP contribution >= 0.6 is 0 Å². The van der Waals surface area contributed by atoms with Crippen molar-refractivity contribution < 1.29 is 10.2 Å². The largest absolute Gasteiger partial charge is 0.393 e. The Bertz CT molecular complexity index is 542. The molecule has 2 N–H and O–H groups in total. The molecule has 25 heavy (non-hydrogen) atoms. The van der Waals surface area contributed by atoms with Gasteiger partial charge < -0.3 is 10.2 Å². The molecule has 0 radical (unpaired) electrons. The molecule has 0 heterocycles. The summed E-state index contributed by atoms with van der Waals surface area (Å²) in [5, 5.41) is 21.1. The molecule has 4 fully saturated rings. The lowest BCUT2D eigenvalue weighted by Gasteiger charge is -2.62. The normalized spacial score (nSPS) is 56.4. The summed E-state index contributed by atoms with van der Waals surface area (Å²) in [5.41, 5.74) is 0.141. The van der Waals surface area contributed by atoms with Crippen molar-refractivity contribution in [3.05, 3.63) is 12.7 Å². The fraction of sp³-hybridized carbons (Fsp3) is 0.913. The lowest BCUT2D eigenvalue weighted by atomic mass is 9.44. The maximum absolute atomic E-state index is 10.8. The molecule has 0 spiro atoms. The fourth-order valence-corrected chi connectivity index (χ4v) is 8.29. The van der Waals surface area contributed by atoms with Gasteiger partial charge in [0.15, 0.2) is 0 Å². The van der Waals surface area contributed by atoms with Gasteiger partial charge in [-0.2, -0.15) is 0 Å². The lowest BCUT2D eigenvalue weighted by molar-refractivity contribution is -0.144. The summed E-state index contributed by atoms with van der Waals surface area (Å²) in [4.78, 5) is 0. The van der Waals surface area contributed by atoms with Crippen molar-refractivity contribution in [3.63, 3.8) is 0 Å². The van der Waals surface area contributed by atoms with E-state index in [9.17, 15) is 10.2 Å². The molecule has 2 nitrogen and oxygen atoms in total. The minimum Gasteiger partial charge on any atom is -0.393 e. The predicted molar refractivity (Wildman–Crippen MR) is 102 cm³/mol.